The molecule has 0 heterocycles. The van der Waals surface area contributed by atoms with Crippen LogP contribution in [0.15, 0.2) is 36.4 Å². The van der Waals surface area contributed by atoms with Crippen molar-refractivity contribution in [2.75, 3.05) is 5.32 Å². The van der Waals surface area contributed by atoms with Crippen LogP contribution in [0.2, 0.25) is 0 Å². The number of benzene rings is 2. The molecular formula is C15H15FN2O2. The van der Waals surface area contributed by atoms with Gasteiger partial charge in [0.05, 0.1) is 4.92 Å². The van der Waals surface area contributed by atoms with Crippen molar-refractivity contribution in [3.63, 3.8) is 0 Å². The van der Waals surface area contributed by atoms with Crippen LogP contribution in [-0.2, 0) is 6.54 Å². The predicted octanol–water partition coefficient (Wildman–Crippen LogP) is 3.96. The molecule has 0 spiro atoms. The van der Waals surface area contributed by atoms with Crippen LogP contribution in [0.25, 0.3) is 0 Å². The number of halogens is 1. The van der Waals surface area contributed by atoms with Gasteiger partial charge in [0.1, 0.15) is 0 Å². The van der Waals surface area contributed by atoms with Crippen LogP contribution in [0.5, 0.6) is 0 Å². The first-order chi connectivity index (χ1) is 9.49. The quantitative estimate of drug-likeness (QED) is 0.678. The Balaban J connectivity index is 2.21. The fourth-order valence-corrected chi connectivity index (χ4v) is 1.96. The second-order valence-electron chi connectivity index (χ2n) is 4.68. The van der Waals surface area contributed by atoms with Crippen molar-refractivity contribution in [2.24, 2.45) is 0 Å². The Morgan fingerprint density at radius 1 is 1.25 bits per heavy atom. The first-order valence-corrected chi connectivity index (χ1v) is 6.22. The van der Waals surface area contributed by atoms with Crippen molar-refractivity contribution >= 4 is 11.4 Å². The van der Waals surface area contributed by atoms with Crippen molar-refractivity contribution in [3.05, 3.63) is 69.0 Å². The maximum atomic E-state index is 13.9. The monoisotopic (exact) mass is 274 g/mol. The van der Waals surface area contributed by atoms with Crippen molar-refractivity contribution in [1.82, 2.24) is 0 Å². The lowest BCUT2D eigenvalue weighted by Crippen LogP contribution is -2.05. The van der Waals surface area contributed by atoms with Crippen molar-refractivity contribution in [1.29, 1.82) is 0 Å². The minimum atomic E-state index is -0.782. The Morgan fingerprint density at radius 3 is 2.70 bits per heavy atom. The average molecular weight is 274 g/mol. The summed E-state index contributed by atoms with van der Waals surface area (Å²) in [6.45, 7) is 4.13. The number of nitro benzene ring substituents is 1. The van der Waals surface area contributed by atoms with Gasteiger partial charge in [0.25, 0.3) is 0 Å². The third kappa shape index (κ3) is 2.93. The van der Waals surface area contributed by atoms with E-state index in [-0.39, 0.29) is 12.1 Å². The molecule has 2 aromatic carbocycles. The number of aryl methyl sites for hydroxylation is 2. The van der Waals surface area contributed by atoms with E-state index < -0.39 is 16.4 Å². The Bertz CT molecular complexity index is 656. The SMILES string of the molecule is Cc1ccc(C)c(NCc2cccc([N+](=O)[O-])c2F)c1. The molecule has 0 aromatic heterocycles. The maximum absolute atomic E-state index is 13.9. The van der Waals surface area contributed by atoms with Crippen LogP contribution >= 0.6 is 0 Å². The minimum absolute atomic E-state index is 0.206. The molecule has 2 aromatic rings. The molecular weight excluding hydrogens is 259 g/mol. The van der Waals surface area contributed by atoms with E-state index in [1.165, 1.54) is 6.07 Å². The third-order valence-electron chi connectivity index (χ3n) is 3.12. The zero-order chi connectivity index (χ0) is 14.7. The van der Waals surface area contributed by atoms with Gasteiger partial charge in [-0.15, -0.1) is 0 Å². The second-order valence-corrected chi connectivity index (χ2v) is 4.68. The predicted molar refractivity (Wildman–Crippen MR) is 76.3 cm³/mol. The van der Waals surface area contributed by atoms with Crippen molar-refractivity contribution in [2.45, 2.75) is 20.4 Å². The van der Waals surface area contributed by atoms with Gasteiger partial charge in [-0.3, -0.25) is 10.1 Å². The number of hydrogen-bond acceptors (Lipinski definition) is 3. The Morgan fingerprint density at radius 2 is 2.00 bits per heavy atom. The molecule has 104 valence electrons. The molecule has 5 heteroatoms. The van der Waals surface area contributed by atoms with Gasteiger partial charge in [-0.05, 0) is 31.0 Å². The molecule has 0 aliphatic carbocycles. The van der Waals surface area contributed by atoms with E-state index >= 15 is 0 Å². The summed E-state index contributed by atoms with van der Waals surface area (Å²) < 4.78 is 13.9. The van der Waals surface area contributed by atoms with E-state index in [9.17, 15) is 14.5 Å². The zero-order valence-electron chi connectivity index (χ0n) is 11.3. The maximum Gasteiger partial charge on any atom is 0.305 e. The topological polar surface area (TPSA) is 55.2 Å². The molecule has 0 saturated carbocycles. The molecule has 0 aliphatic heterocycles. The minimum Gasteiger partial charge on any atom is -0.381 e. The molecule has 0 fully saturated rings. The summed E-state index contributed by atoms with van der Waals surface area (Å²) in [5.74, 6) is -0.782. The summed E-state index contributed by atoms with van der Waals surface area (Å²) in [6.07, 6.45) is 0. The van der Waals surface area contributed by atoms with E-state index in [2.05, 4.69) is 5.32 Å². The number of anilines is 1. The first kappa shape index (κ1) is 14.0. The molecule has 20 heavy (non-hydrogen) atoms. The van der Waals surface area contributed by atoms with E-state index in [0.717, 1.165) is 22.9 Å². The number of rotatable bonds is 4. The first-order valence-electron chi connectivity index (χ1n) is 6.22. The van der Waals surface area contributed by atoms with Crippen LogP contribution in [-0.4, -0.2) is 4.92 Å². The van der Waals surface area contributed by atoms with Gasteiger partial charge < -0.3 is 5.32 Å². The van der Waals surface area contributed by atoms with E-state index in [0.29, 0.717) is 0 Å². The van der Waals surface area contributed by atoms with E-state index in [1.54, 1.807) is 6.07 Å². The summed E-state index contributed by atoms with van der Waals surface area (Å²) in [5.41, 5.74) is 2.82. The van der Waals surface area contributed by atoms with Crippen LogP contribution in [0.1, 0.15) is 16.7 Å². The van der Waals surface area contributed by atoms with Crippen LogP contribution in [0.4, 0.5) is 15.8 Å². The average Bonchev–Trinajstić information content (AvgIpc) is 2.41. The summed E-state index contributed by atoms with van der Waals surface area (Å²) in [4.78, 5) is 9.98. The normalized spacial score (nSPS) is 10.3. The van der Waals surface area contributed by atoms with Crippen LogP contribution in [0.3, 0.4) is 0 Å². The zero-order valence-corrected chi connectivity index (χ0v) is 11.3. The number of nitrogens with one attached hydrogen (secondary N) is 1. The van der Waals surface area contributed by atoms with Gasteiger partial charge in [-0.2, -0.15) is 4.39 Å². The summed E-state index contributed by atoms with van der Waals surface area (Å²) in [6, 6.07) is 10.1. The fraction of sp³-hybridized carbons (Fsp3) is 0.200. The Labute approximate surface area is 116 Å². The summed E-state index contributed by atoms with van der Waals surface area (Å²) >= 11 is 0. The molecule has 0 aliphatic rings. The smallest absolute Gasteiger partial charge is 0.305 e. The lowest BCUT2D eigenvalue weighted by atomic mass is 10.1. The van der Waals surface area contributed by atoms with Gasteiger partial charge in [0, 0.05) is 23.9 Å². The van der Waals surface area contributed by atoms with Gasteiger partial charge in [-0.25, -0.2) is 0 Å². The van der Waals surface area contributed by atoms with Crippen molar-refractivity contribution < 1.29 is 9.31 Å². The summed E-state index contributed by atoms with van der Waals surface area (Å²) in [7, 11) is 0. The van der Waals surface area contributed by atoms with Gasteiger partial charge in [-0.1, -0.05) is 24.3 Å². The highest BCUT2D eigenvalue weighted by molar-refractivity contribution is 5.53. The molecule has 0 unspecified atom stereocenters. The van der Waals surface area contributed by atoms with Gasteiger partial charge in [0.2, 0.25) is 5.82 Å². The van der Waals surface area contributed by atoms with Gasteiger partial charge in [0.15, 0.2) is 0 Å². The Kier molecular flexibility index (Phi) is 3.98. The highest BCUT2D eigenvalue weighted by atomic mass is 19.1. The molecule has 1 N–H and O–H groups in total. The largest absolute Gasteiger partial charge is 0.381 e. The lowest BCUT2D eigenvalue weighted by Gasteiger charge is -2.11. The highest BCUT2D eigenvalue weighted by Crippen LogP contribution is 2.22. The molecule has 0 atom stereocenters. The van der Waals surface area contributed by atoms with E-state index in [4.69, 9.17) is 0 Å². The van der Waals surface area contributed by atoms with Crippen molar-refractivity contribution in [3.8, 4) is 0 Å². The molecule has 0 bridgehead atoms. The number of nitrogens with zero attached hydrogens (tertiary/aromatic N) is 1. The van der Waals surface area contributed by atoms with Crippen LogP contribution < -0.4 is 5.32 Å². The standard InChI is InChI=1S/C15H15FN2O2/c1-10-6-7-11(2)13(8-10)17-9-12-4-3-5-14(15(12)16)18(19)20/h3-8,17H,9H2,1-2H3. The molecule has 0 amide bonds. The third-order valence-corrected chi connectivity index (χ3v) is 3.12. The van der Waals surface area contributed by atoms with Gasteiger partial charge >= 0.3 is 5.69 Å². The summed E-state index contributed by atoms with van der Waals surface area (Å²) in [5, 5.41) is 13.8. The number of hydrogen-bond donors (Lipinski definition) is 1. The van der Waals surface area contributed by atoms with Crippen LogP contribution in [0, 0.1) is 29.8 Å². The fourth-order valence-electron chi connectivity index (χ4n) is 1.96. The molecule has 0 saturated heterocycles. The number of nitro groups is 1. The lowest BCUT2D eigenvalue weighted by molar-refractivity contribution is -0.387. The molecule has 4 nitrogen and oxygen atoms in total. The highest BCUT2D eigenvalue weighted by Gasteiger charge is 2.16. The molecule has 0 radical (unpaired) electrons. The Hall–Kier alpha value is -2.43. The molecule has 2 rings (SSSR count). The van der Waals surface area contributed by atoms with E-state index in [1.807, 2.05) is 32.0 Å². The second kappa shape index (κ2) is 5.69.